The molecule has 0 spiro atoms. The molecule has 0 aliphatic heterocycles. The number of hydrogen-bond acceptors (Lipinski definition) is 3. The Hall–Kier alpha value is -0.550. The summed E-state index contributed by atoms with van der Waals surface area (Å²) in [6, 6.07) is 3.38. The van der Waals surface area contributed by atoms with Crippen LogP contribution in [0.3, 0.4) is 0 Å². The van der Waals surface area contributed by atoms with E-state index in [1.807, 2.05) is 6.92 Å². The number of ether oxygens (including phenoxy) is 2. The van der Waals surface area contributed by atoms with Crippen molar-refractivity contribution in [3.05, 3.63) is 26.6 Å². The van der Waals surface area contributed by atoms with E-state index in [0.717, 1.165) is 8.95 Å². The van der Waals surface area contributed by atoms with Crippen LogP contribution in [0.5, 0.6) is 5.75 Å². The summed E-state index contributed by atoms with van der Waals surface area (Å²) in [7, 11) is 0. The highest BCUT2D eigenvalue weighted by Crippen LogP contribution is 2.34. The summed E-state index contributed by atoms with van der Waals surface area (Å²) >= 11 is 6.71. The number of halogens is 2. The van der Waals surface area contributed by atoms with E-state index in [4.69, 9.17) is 9.47 Å². The minimum absolute atomic E-state index is 0.341. The SMILES string of the molecule is CCOC(=O)c1cc(Br)c(OCC)c(Br)c1. The van der Waals surface area contributed by atoms with Crippen molar-refractivity contribution in [1.29, 1.82) is 0 Å². The highest BCUT2D eigenvalue weighted by atomic mass is 79.9. The van der Waals surface area contributed by atoms with Gasteiger partial charge in [-0.05, 0) is 57.8 Å². The van der Waals surface area contributed by atoms with Crippen molar-refractivity contribution in [2.24, 2.45) is 0 Å². The van der Waals surface area contributed by atoms with E-state index in [1.165, 1.54) is 0 Å². The van der Waals surface area contributed by atoms with Gasteiger partial charge >= 0.3 is 5.97 Å². The zero-order valence-electron chi connectivity index (χ0n) is 9.05. The largest absolute Gasteiger partial charge is 0.492 e. The number of hydrogen-bond donors (Lipinski definition) is 0. The Kier molecular flexibility index (Phi) is 5.28. The van der Waals surface area contributed by atoms with Crippen molar-refractivity contribution in [2.75, 3.05) is 13.2 Å². The Bertz CT molecular complexity index is 368. The summed E-state index contributed by atoms with van der Waals surface area (Å²) in [5, 5.41) is 0. The standard InChI is InChI=1S/C11H12Br2O3/c1-3-15-10-8(12)5-7(6-9(10)13)11(14)16-4-2/h5-6H,3-4H2,1-2H3. The lowest BCUT2D eigenvalue weighted by molar-refractivity contribution is 0.0526. The van der Waals surface area contributed by atoms with Crippen LogP contribution in [0.1, 0.15) is 24.2 Å². The molecule has 0 bridgehead atoms. The number of esters is 1. The Labute approximate surface area is 111 Å². The third-order valence-electron chi connectivity index (χ3n) is 1.80. The van der Waals surface area contributed by atoms with Crippen molar-refractivity contribution in [1.82, 2.24) is 0 Å². The maximum atomic E-state index is 11.5. The molecule has 0 aromatic heterocycles. The fourth-order valence-electron chi connectivity index (χ4n) is 1.17. The zero-order valence-corrected chi connectivity index (χ0v) is 12.2. The smallest absolute Gasteiger partial charge is 0.338 e. The molecule has 0 aliphatic rings. The molecule has 1 rings (SSSR count). The lowest BCUT2D eigenvalue weighted by Crippen LogP contribution is -2.05. The molecule has 0 atom stereocenters. The first-order valence-corrected chi connectivity index (χ1v) is 6.47. The average Bonchev–Trinajstić information content (AvgIpc) is 2.23. The average molecular weight is 352 g/mol. The topological polar surface area (TPSA) is 35.5 Å². The van der Waals surface area contributed by atoms with Gasteiger partial charge in [0.05, 0.1) is 27.7 Å². The zero-order chi connectivity index (χ0) is 12.1. The molecule has 0 amide bonds. The maximum absolute atomic E-state index is 11.5. The Morgan fingerprint density at radius 1 is 1.19 bits per heavy atom. The fraction of sp³-hybridized carbons (Fsp3) is 0.364. The van der Waals surface area contributed by atoms with E-state index in [2.05, 4.69) is 31.9 Å². The third-order valence-corrected chi connectivity index (χ3v) is 2.98. The second-order valence-corrected chi connectivity index (χ2v) is 4.63. The predicted octanol–water partition coefficient (Wildman–Crippen LogP) is 3.79. The number of rotatable bonds is 4. The molecule has 88 valence electrons. The normalized spacial score (nSPS) is 10.0. The van der Waals surface area contributed by atoms with Gasteiger partial charge in [-0.3, -0.25) is 0 Å². The first-order chi connectivity index (χ1) is 7.60. The van der Waals surface area contributed by atoms with Gasteiger partial charge < -0.3 is 9.47 Å². The summed E-state index contributed by atoms with van der Waals surface area (Å²) in [4.78, 5) is 11.5. The Morgan fingerprint density at radius 2 is 1.75 bits per heavy atom. The first-order valence-electron chi connectivity index (χ1n) is 4.89. The van der Waals surface area contributed by atoms with E-state index in [9.17, 15) is 4.79 Å². The molecule has 1 aromatic carbocycles. The molecule has 16 heavy (non-hydrogen) atoms. The van der Waals surface area contributed by atoms with Crippen LogP contribution in [0, 0.1) is 0 Å². The van der Waals surface area contributed by atoms with Crippen molar-refractivity contribution < 1.29 is 14.3 Å². The number of carbonyl (C=O) groups excluding carboxylic acids is 1. The summed E-state index contributed by atoms with van der Waals surface area (Å²) < 4.78 is 11.8. The molecule has 0 aliphatic carbocycles. The molecule has 3 nitrogen and oxygen atoms in total. The van der Waals surface area contributed by atoms with Crippen molar-refractivity contribution in [2.45, 2.75) is 13.8 Å². The van der Waals surface area contributed by atoms with Gasteiger partial charge in [0, 0.05) is 0 Å². The van der Waals surface area contributed by atoms with Gasteiger partial charge in [-0.25, -0.2) is 4.79 Å². The quantitative estimate of drug-likeness (QED) is 0.774. The van der Waals surface area contributed by atoms with Gasteiger partial charge in [0.15, 0.2) is 0 Å². The Balaban J connectivity index is 3.04. The molecule has 0 N–H and O–H groups in total. The van der Waals surface area contributed by atoms with Gasteiger partial charge in [0.2, 0.25) is 0 Å². The van der Waals surface area contributed by atoms with E-state index < -0.39 is 0 Å². The monoisotopic (exact) mass is 350 g/mol. The first kappa shape index (κ1) is 13.5. The lowest BCUT2D eigenvalue weighted by Gasteiger charge is -2.10. The molecule has 0 saturated heterocycles. The van der Waals surface area contributed by atoms with Crippen LogP contribution in [-0.2, 0) is 4.74 Å². The second-order valence-electron chi connectivity index (χ2n) is 2.92. The van der Waals surface area contributed by atoms with Crippen LogP contribution in [-0.4, -0.2) is 19.2 Å². The second kappa shape index (κ2) is 6.25. The van der Waals surface area contributed by atoms with E-state index in [1.54, 1.807) is 19.1 Å². The highest BCUT2D eigenvalue weighted by Gasteiger charge is 2.13. The summed E-state index contributed by atoms with van der Waals surface area (Å²) in [5.41, 5.74) is 0.490. The number of benzene rings is 1. The molecule has 0 unspecified atom stereocenters. The minimum Gasteiger partial charge on any atom is -0.492 e. The van der Waals surface area contributed by atoms with Crippen LogP contribution in [0.4, 0.5) is 0 Å². The molecule has 0 fully saturated rings. The predicted molar refractivity (Wildman–Crippen MR) is 69.0 cm³/mol. The van der Waals surface area contributed by atoms with E-state index in [0.29, 0.717) is 24.5 Å². The van der Waals surface area contributed by atoms with Gasteiger partial charge in [-0.2, -0.15) is 0 Å². The van der Waals surface area contributed by atoms with Crippen LogP contribution in [0.15, 0.2) is 21.1 Å². The third kappa shape index (κ3) is 3.22. The maximum Gasteiger partial charge on any atom is 0.338 e. The van der Waals surface area contributed by atoms with Crippen LogP contribution < -0.4 is 4.74 Å². The van der Waals surface area contributed by atoms with Crippen molar-refractivity contribution in [3.8, 4) is 5.75 Å². The number of carbonyl (C=O) groups is 1. The molecule has 5 heteroatoms. The van der Waals surface area contributed by atoms with Crippen molar-refractivity contribution >= 4 is 37.8 Å². The Morgan fingerprint density at radius 3 is 2.19 bits per heavy atom. The van der Waals surface area contributed by atoms with Gasteiger partial charge in [-0.15, -0.1) is 0 Å². The van der Waals surface area contributed by atoms with Gasteiger partial charge in [0.25, 0.3) is 0 Å². The van der Waals surface area contributed by atoms with Gasteiger partial charge in [0.1, 0.15) is 5.75 Å². The van der Waals surface area contributed by atoms with E-state index >= 15 is 0 Å². The molecule has 0 radical (unpaired) electrons. The molecule has 0 heterocycles. The van der Waals surface area contributed by atoms with Crippen LogP contribution in [0.25, 0.3) is 0 Å². The highest BCUT2D eigenvalue weighted by molar-refractivity contribution is 9.11. The molecular formula is C11H12Br2O3. The fourth-order valence-corrected chi connectivity index (χ4v) is 2.59. The van der Waals surface area contributed by atoms with Crippen LogP contribution >= 0.6 is 31.9 Å². The van der Waals surface area contributed by atoms with E-state index in [-0.39, 0.29) is 5.97 Å². The minimum atomic E-state index is -0.341. The summed E-state index contributed by atoms with van der Waals surface area (Å²) in [6.07, 6.45) is 0. The lowest BCUT2D eigenvalue weighted by atomic mass is 10.2. The molecule has 0 saturated carbocycles. The van der Waals surface area contributed by atoms with Gasteiger partial charge in [-0.1, -0.05) is 0 Å². The van der Waals surface area contributed by atoms with Crippen molar-refractivity contribution in [3.63, 3.8) is 0 Å². The molecule has 1 aromatic rings. The summed E-state index contributed by atoms with van der Waals surface area (Å²) in [5.74, 6) is 0.350. The molecular weight excluding hydrogens is 340 g/mol. The summed E-state index contributed by atoms with van der Waals surface area (Å²) in [6.45, 7) is 4.60. The van der Waals surface area contributed by atoms with Crippen LogP contribution in [0.2, 0.25) is 0 Å².